The summed E-state index contributed by atoms with van der Waals surface area (Å²) in [5, 5.41) is 14.1. The molecule has 6 nitrogen and oxygen atoms in total. The molecule has 0 amide bonds. The molecule has 0 aliphatic heterocycles. The number of nitriles is 1. The smallest absolute Gasteiger partial charge is 0.189 e. The number of aromatic nitrogens is 4. The Morgan fingerprint density at radius 3 is 2.74 bits per heavy atom. The van der Waals surface area contributed by atoms with Gasteiger partial charge in [-0.15, -0.1) is 0 Å². The molecule has 0 aromatic carbocycles. The lowest BCUT2D eigenvalue weighted by atomic mass is 10.2. The van der Waals surface area contributed by atoms with Gasteiger partial charge in [-0.2, -0.15) is 15.0 Å². The molecule has 0 saturated carbocycles. The molecule has 2 aromatic heterocycles. The Kier molecular flexibility index (Phi) is 3.71. The number of anilines is 1. The van der Waals surface area contributed by atoms with Crippen LogP contribution in [0.25, 0.3) is 5.82 Å². The SMILES string of the molecule is CCc1nn(-c2cc(C)nc(SC)n2)c(N)c1C#N. The van der Waals surface area contributed by atoms with Gasteiger partial charge in [0.05, 0.1) is 5.69 Å². The Balaban J connectivity index is 2.63. The van der Waals surface area contributed by atoms with Crippen LogP contribution in [0.3, 0.4) is 0 Å². The molecule has 2 aromatic rings. The summed E-state index contributed by atoms with van der Waals surface area (Å²) in [4.78, 5) is 8.65. The second-order valence-electron chi connectivity index (χ2n) is 3.94. The maximum absolute atomic E-state index is 9.13. The molecular weight excluding hydrogens is 260 g/mol. The van der Waals surface area contributed by atoms with Crippen LogP contribution in [-0.2, 0) is 6.42 Å². The molecule has 0 spiro atoms. The molecule has 0 unspecified atom stereocenters. The van der Waals surface area contributed by atoms with Gasteiger partial charge in [-0.3, -0.25) is 0 Å². The zero-order valence-corrected chi connectivity index (χ0v) is 11.8. The molecule has 0 fully saturated rings. The average Bonchev–Trinajstić information content (AvgIpc) is 2.74. The van der Waals surface area contributed by atoms with Crippen LogP contribution in [0, 0.1) is 18.3 Å². The first-order valence-electron chi connectivity index (χ1n) is 5.78. The van der Waals surface area contributed by atoms with Gasteiger partial charge in [-0.05, 0) is 19.6 Å². The standard InChI is InChI=1S/C12H14N6S/c1-4-9-8(6-13)11(14)18(17-9)10-5-7(2)15-12(16-10)19-3/h5H,4,14H2,1-3H3. The third-order valence-corrected chi connectivity index (χ3v) is 3.21. The molecule has 0 bridgehead atoms. The fourth-order valence-corrected chi connectivity index (χ4v) is 2.17. The minimum Gasteiger partial charge on any atom is -0.382 e. The molecule has 19 heavy (non-hydrogen) atoms. The highest BCUT2D eigenvalue weighted by molar-refractivity contribution is 7.98. The summed E-state index contributed by atoms with van der Waals surface area (Å²) >= 11 is 1.45. The highest BCUT2D eigenvalue weighted by atomic mass is 32.2. The normalized spacial score (nSPS) is 10.4. The van der Waals surface area contributed by atoms with Crippen LogP contribution in [0.15, 0.2) is 11.2 Å². The van der Waals surface area contributed by atoms with Crippen molar-refractivity contribution in [1.82, 2.24) is 19.7 Å². The zero-order chi connectivity index (χ0) is 14.0. The average molecular weight is 274 g/mol. The van der Waals surface area contributed by atoms with E-state index in [2.05, 4.69) is 21.1 Å². The number of thioether (sulfide) groups is 1. The molecule has 0 saturated heterocycles. The molecule has 2 rings (SSSR count). The number of hydrogen-bond donors (Lipinski definition) is 1. The Morgan fingerprint density at radius 2 is 2.21 bits per heavy atom. The van der Waals surface area contributed by atoms with Gasteiger partial charge >= 0.3 is 0 Å². The Labute approximate surface area is 115 Å². The number of nitrogens with zero attached hydrogens (tertiary/aromatic N) is 5. The molecule has 0 radical (unpaired) electrons. The summed E-state index contributed by atoms with van der Waals surface area (Å²) < 4.78 is 1.51. The van der Waals surface area contributed by atoms with E-state index in [1.807, 2.05) is 20.1 Å². The van der Waals surface area contributed by atoms with Crippen molar-refractivity contribution >= 4 is 17.6 Å². The maximum Gasteiger partial charge on any atom is 0.189 e. The van der Waals surface area contributed by atoms with Crippen molar-refractivity contribution in [2.45, 2.75) is 25.4 Å². The van der Waals surface area contributed by atoms with Gasteiger partial charge in [0.2, 0.25) is 0 Å². The molecule has 7 heteroatoms. The number of rotatable bonds is 3. The van der Waals surface area contributed by atoms with Gasteiger partial charge in [-0.25, -0.2) is 9.97 Å². The zero-order valence-electron chi connectivity index (χ0n) is 11.0. The van der Waals surface area contributed by atoms with Crippen molar-refractivity contribution < 1.29 is 0 Å². The number of nitrogen functional groups attached to an aromatic ring is 1. The number of aryl methyl sites for hydroxylation is 2. The molecule has 2 heterocycles. The lowest BCUT2D eigenvalue weighted by Gasteiger charge is -2.05. The van der Waals surface area contributed by atoms with Gasteiger partial charge < -0.3 is 5.73 Å². The highest BCUT2D eigenvalue weighted by Gasteiger charge is 2.16. The molecule has 0 atom stereocenters. The summed E-state index contributed by atoms with van der Waals surface area (Å²) in [6.45, 7) is 3.82. The summed E-state index contributed by atoms with van der Waals surface area (Å²) in [6.07, 6.45) is 2.56. The first-order chi connectivity index (χ1) is 9.10. The maximum atomic E-state index is 9.13. The molecule has 0 aliphatic rings. The van der Waals surface area contributed by atoms with Crippen molar-refractivity contribution in [3.05, 3.63) is 23.0 Å². The van der Waals surface area contributed by atoms with Crippen molar-refractivity contribution in [1.29, 1.82) is 5.26 Å². The van der Waals surface area contributed by atoms with Crippen LogP contribution < -0.4 is 5.73 Å². The van der Waals surface area contributed by atoms with Crippen LogP contribution in [0.5, 0.6) is 0 Å². The van der Waals surface area contributed by atoms with E-state index in [4.69, 9.17) is 11.0 Å². The fraction of sp³-hybridized carbons (Fsp3) is 0.333. The third-order valence-electron chi connectivity index (χ3n) is 2.66. The van der Waals surface area contributed by atoms with Crippen LogP contribution >= 0.6 is 11.8 Å². The van der Waals surface area contributed by atoms with Crippen LogP contribution in [0.1, 0.15) is 23.9 Å². The van der Waals surface area contributed by atoms with Crippen molar-refractivity contribution in [3.63, 3.8) is 0 Å². The van der Waals surface area contributed by atoms with E-state index in [0.717, 1.165) is 5.69 Å². The van der Waals surface area contributed by atoms with Gasteiger partial charge in [0.1, 0.15) is 17.5 Å². The summed E-state index contributed by atoms with van der Waals surface area (Å²) in [5.41, 5.74) is 7.91. The van der Waals surface area contributed by atoms with E-state index in [0.29, 0.717) is 34.5 Å². The van der Waals surface area contributed by atoms with E-state index in [9.17, 15) is 0 Å². The number of hydrogen-bond acceptors (Lipinski definition) is 6. The van der Waals surface area contributed by atoms with E-state index in [1.165, 1.54) is 16.4 Å². The van der Waals surface area contributed by atoms with Crippen molar-refractivity contribution in [2.75, 3.05) is 12.0 Å². The van der Waals surface area contributed by atoms with Gasteiger partial charge in [0.25, 0.3) is 0 Å². The number of nitrogens with two attached hydrogens (primary N) is 1. The summed E-state index contributed by atoms with van der Waals surface area (Å²) in [5.74, 6) is 0.912. The molecule has 98 valence electrons. The van der Waals surface area contributed by atoms with E-state index < -0.39 is 0 Å². The van der Waals surface area contributed by atoms with E-state index >= 15 is 0 Å². The second kappa shape index (κ2) is 5.28. The molecule has 0 aliphatic carbocycles. The van der Waals surface area contributed by atoms with Crippen LogP contribution in [0.2, 0.25) is 0 Å². The third kappa shape index (κ3) is 2.39. The second-order valence-corrected chi connectivity index (χ2v) is 4.71. The lowest BCUT2D eigenvalue weighted by molar-refractivity contribution is 0.787. The quantitative estimate of drug-likeness (QED) is 0.676. The fourth-order valence-electron chi connectivity index (χ4n) is 1.75. The van der Waals surface area contributed by atoms with E-state index in [1.54, 1.807) is 6.07 Å². The predicted molar refractivity (Wildman–Crippen MR) is 74.2 cm³/mol. The summed E-state index contributed by atoms with van der Waals surface area (Å²) in [7, 11) is 0. The predicted octanol–water partition coefficient (Wildman–Crippen LogP) is 1.71. The Morgan fingerprint density at radius 1 is 1.47 bits per heavy atom. The van der Waals surface area contributed by atoms with Gasteiger partial charge in [-0.1, -0.05) is 18.7 Å². The van der Waals surface area contributed by atoms with Crippen LogP contribution in [-0.4, -0.2) is 26.0 Å². The molecule has 2 N–H and O–H groups in total. The highest BCUT2D eigenvalue weighted by Crippen LogP contribution is 2.21. The van der Waals surface area contributed by atoms with E-state index in [-0.39, 0.29) is 0 Å². The largest absolute Gasteiger partial charge is 0.382 e. The molecular formula is C12H14N6S. The van der Waals surface area contributed by atoms with Crippen molar-refractivity contribution in [3.8, 4) is 11.9 Å². The Bertz CT molecular complexity index is 655. The van der Waals surface area contributed by atoms with Gasteiger partial charge in [0, 0.05) is 11.8 Å². The Hall–Kier alpha value is -2.07. The van der Waals surface area contributed by atoms with Crippen molar-refractivity contribution in [2.24, 2.45) is 0 Å². The van der Waals surface area contributed by atoms with Gasteiger partial charge in [0.15, 0.2) is 11.0 Å². The van der Waals surface area contributed by atoms with Crippen LogP contribution in [0.4, 0.5) is 5.82 Å². The first kappa shape index (κ1) is 13.4. The topological polar surface area (TPSA) is 93.4 Å². The minimum absolute atomic E-state index is 0.324. The monoisotopic (exact) mass is 274 g/mol. The first-order valence-corrected chi connectivity index (χ1v) is 7.00. The minimum atomic E-state index is 0.324. The lowest BCUT2D eigenvalue weighted by Crippen LogP contribution is -2.06. The summed E-state index contributed by atoms with van der Waals surface area (Å²) in [6, 6.07) is 3.89.